The molecule has 0 amide bonds. The van der Waals surface area contributed by atoms with E-state index in [0.29, 0.717) is 6.04 Å². The van der Waals surface area contributed by atoms with Gasteiger partial charge < -0.3 is 9.88 Å². The summed E-state index contributed by atoms with van der Waals surface area (Å²) in [5.74, 6) is 1.47. The number of nitrogens with one attached hydrogen (secondary N) is 2. The minimum absolute atomic E-state index is 0.155. The molecule has 2 aliphatic rings. The smallest absolute Gasteiger partial charge is 0.212 e. The van der Waals surface area contributed by atoms with Crippen LogP contribution in [0.5, 0.6) is 0 Å². The molecule has 0 spiro atoms. The SMILES string of the molecule is CN(c1ncnc2[nH]ccc12)C1CCC(CS(=O)(=O)NC2CCCCC2)CC1. The van der Waals surface area contributed by atoms with Gasteiger partial charge in [0.2, 0.25) is 10.0 Å². The van der Waals surface area contributed by atoms with E-state index in [0.717, 1.165) is 68.2 Å². The Balaban J connectivity index is 1.32. The third-order valence-electron chi connectivity index (χ3n) is 6.44. The molecule has 2 aromatic rings. The summed E-state index contributed by atoms with van der Waals surface area (Å²) in [5, 5.41) is 1.03. The van der Waals surface area contributed by atoms with Crippen LogP contribution in [0.1, 0.15) is 57.8 Å². The van der Waals surface area contributed by atoms with Crippen LogP contribution in [0.4, 0.5) is 5.82 Å². The van der Waals surface area contributed by atoms with E-state index >= 15 is 0 Å². The molecule has 0 bridgehead atoms. The van der Waals surface area contributed by atoms with Gasteiger partial charge in [-0.2, -0.15) is 0 Å². The van der Waals surface area contributed by atoms with Crippen molar-refractivity contribution in [3.63, 3.8) is 0 Å². The number of anilines is 1. The van der Waals surface area contributed by atoms with Crippen LogP contribution in [-0.4, -0.2) is 48.3 Å². The van der Waals surface area contributed by atoms with Gasteiger partial charge in [0.15, 0.2) is 0 Å². The molecule has 2 fully saturated rings. The average Bonchev–Trinajstić information content (AvgIpc) is 3.17. The number of hydrogen-bond donors (Lipinski definition) is 2. The summed E-state index contributed by atoms with van der Waals surface area (Å²) >= 11 is 0. The van der Waals surface area contributed by atoms with Gasteiger partial charge in [-0.05, 0) is 50.5 Å². The Labute approximate surface area is 167 Å². The van der Waals surface area contributed by atoms with E-state index in [1.807, 2.05) is 12.3 Å². The summed E-state index contributed by atoms with van der Waals surface area (Å²) in [6.07, 6.45) is 12.9. The second kappa shape index (κ2) is 8.37. The summed E-state index contributed by atoms with van der Waals surface area (Å²) < 4.78 is 28.1. The topological polar surface area (TPSA) is 91.0 Å². The fraction of sp³-hybridized carbons (Fsp3) is 0.700. The van der Waals surface area contributed by atoms with Crippen LogP contribution in [0.15, 0.2) is 18.6 Å². The number of sulfonamides is 1. The van der Waals surface area contributed by atoms with Crippen LogP contribution in [0.2, 0.25) is 0 Å². The largest absolute Gasteiger partial charge is 0.356 e. The van der Waals surface area contributed by atoms with Crippen LogP contribution in [0.25, 0.3) is 11.0 Å². The molecule has 0 unspecified atom stereocenters. The van der Waals surface area contributed by atoms with Crippen molar-refractivity contribution in [3.8, 4) is 0 Å². The number of rotatable bonds is 6. The Morgan fingerprint density at radius 1 is 1.11 bits per heavy atom. The first-order valence-corrected chi connectivity index (χ1v) is 12.2. The Hall–Kier alpha value is -1.67. The molecule has 0 aliphatic heterocycles. The molecule has 7 nitrogen and oxygen atoms in total. The Morgan fingerprint density at radius 2 is 1.86 bits per heavy atom. The lowest BCUT2D eigenvalue weighted by Gasteiger charge is -2.35. The highest BCUT2D eigenvalue weighted by atomic mass is 32.2. The molecule has 0 radical (unpaired) electrons. The van der Waals surface area contributed by atoms with Crippen molar-refractivity contribution in [3.05, 3.63) is 18.6 Å². The van der Waals surface area contributed by atoms with Crippen molar-refractivity contribution in [2.45, 2.75) is 69.9 Å². The van der Waals surface area contributed by atoms with Crippen LogP contribution in [-0.2, 0) is 10.0 Å². The van der Waals surface area contributed by atoms with Crippen LogP contribution in [0.3, 0.4) is 0 Å². The van der Waals surface area contributed by atoms with Gasteiger partial charge in [0.25, 0.3) is 0 Å². The summed E-state index contributed by atoms with van der Waals surface area (Å²) in [6, 6.07) is 2.55. The lowest BCUT2D eigenvalue weighted by Crippen LogP contribution is -2.41. The molecular weight excluding hydrogens is 374 g/mol. The van der Waals surface area contributed by atoms with Crippen LogP contribution < -0.4 is 9.62 Å². The van der Waals surface area contributed by atoms with Crippen LogP contribution >= 0.6 is 0 Å². The third kappa shape index (κ3) is 4.49. The predicted octanol–water partition coefficient (Wildman–Crippen LogP) is 3.21. The fourth-order valence-corrected chi connectivity index (χ4v) is 6.64. The lowest BCUT2D eigenvalue weighted by molar-refractivity contribution is 0.338. The first kappa shape index (κ1) is 19.6. The number of H-pyrrole nitrogens is 1. The van der Waals surface area contributed by atoms with E-state index in [9.17, 15) is 8.42 Å². The maximum absolute atomic E-state index is 12.6. The molecule has 2 N–H and O–H groups in total. The summed E-state index contributed by atoms with van der Waals surface area (Å²) in [5.41, 5.74) is 0.852. The monoisotopic (exact) mass is 405 g/mol. The maximum atomic E-state index is 12.6. The van der Waals surface area contributed by atoms with Crippen molar-refractivity contribution >= 4 is 26.9 Å². The van der Waals surface area contributed by atoms with E-state index in [4.69, 9.17) is 0 Å². The Morgan fingerprint density at radius 3 is 2.61 bits per heavy atom. The second-order valence-corrected chi connectivity index (χ2v) is 10.3. The lowest BCUT2D eigenvalue weighted by atomic mass is 9.86. The predicted molar refractivity (Wildman–Crippen MR) is 112 cm³/mol. The minimum Gasteiger partial charge on any atom is -0.356 e. The molecule has 2 aromatic heterocycles. The zero-order valence-corrected chi connectivity index (χ0v) is 17.4. The summed E-state index contributed by atoms with van der Waals surface area (Å²) in [7, 11) is -1.10. The molecule has 4 rings (SSSR count). The molecule has 0 atom stereocenters. The van der Waals surface area contributed by atoms with Gasteiger partial charge in [0.05, 0.1) is 11.1 Å². The molecule has 2 aliphatic carbocycles. The highest BCUT2D eigenvalue weighted by molar-refractivity contribution is 7.89. The average molecular weight is 406 g/mol. The van der Waals surface area contributed by atoms with Gasteiger partial charge in [0, 0.05) is 25.3 Å². The van der Waals surface area contributed by atoms with Crippen molar-refractivity contribution in [2.75, 3.05) is 17.7 Å². The minimum atomic E-state index is -3.18. The molecule has 0 saturated heterocycles. The molecular formula is C20H31N5O2S. The van der Waals surface area contributed by atoms with E-state index in [1.54, 1.807) is 6.33 Å². The van der Waals surface area contributed by atoms with Crippen molar-refractivity contribution in [1.82, 2.24) is 19.7 Å². The normalized spacial score (nSPS) is 24.5. The van der Waals surface area contributed by atoms with Crippen molar-refractivity contribution in [2.24, 2.45) is 5.92 Å². The van der Waals surface area contributed by atoms with Gasteiger partial charge in [-0.1, -0.05) is 19.3 Å². The molecule has 8 heteroatoms. The molecule has 154 valence electrons. The van der Waals surface area contributed by atoms with Gasteiger partial charge in [0.1, 0.15) is 17.8 Å². The van der Waals surface area contributed by atoms with E-state index < -0.39 is 10.0 Å². The fourth-order valence-electron chi connectivity index (χ4n) is 4.84. The molecule has 2 heterocycles. The quantitative estimate of drug-likeness (QED) is 0.770. The Bertz CT molecular complexity index is 883. The number of hydrogen-bond acceptors (Lipinski definition) is 5. The van der Waals surface area contributed by atoms with E-state index in [-0.39, 0.29) is 17.7 Å². The second-order valence-electron chi connectivity index (χ2n) is 8.46. The molecule has 2 saturated carbocycles. The molecule has 0 aromatic carbocycles. The van der Waals surface area contributed by atoms with Gasteiger partial charge in [-0.3, -0.25) is 0 Å². The van der Waals surface area contributed by atoms with E-state index in [2.05, 4.69) is 31.6 Å². The zero-order chi connectivity index (χ0) is 19.6. The van der Waals surface area contributed by atoms with Crippen molar-refractivity contribution in [1.29, 1.82) is 0 Å². The summed E-state index contributed by atoms with van der Waals surface area (Å²) in [4.78, 5) is 14.1. The van der Waals surface area contributed by atoms with Gasteiger partial charge in [-0.15, -0.1) is 0 Å². The van der Waals surface area contributed by atoms with Gasteiger partial charge >= 0.3 is 0 Å². The maximum Gasteiger partial charge on any atom is 0.212 e. The van der Waals surface area contributed by atoms with Crippen LogP contribution in [0, 0.1) is 5.92 Å². The van der Waals surface area contributed by atoms with E-state index in [1.165, 1.54) is 6.42 Å². The van der Waals surface area contributed by atoms with Crippen molar-refractivity contribution < 1.29 is 8.42 Å². The first-order chi connectivity index (χ1) is 13.5. The number of aromatic amines is 1. The highest BCUT2D eigenvalue weighted by Crippen LogP contribution is 2.32. The first-order valence-electron chi connectivity index (χ1n) is 10.5. The Kier molecular flexibility index (Phi) is 5.87. The standard InChI is InChI=1S/C20H31N5O2S/c1-25(20-18-11-12-21-19(18)22-14-23-20)17-9-7-15(8-10-17)13-28(26,27)24-16-5-3-2-4-6-16/h11-12,14-17,24H,2-10,13H2,1H3,(H,21,22,23). The van der Waals surface area contributed by atoms with Gasteiger partial charge in [-0.25, -0.2) is 23.1 Å². The number of fused-ring (bicyclic) bond motifs is 1. The highest BCUT2D eigenvalue weighted by Gasteiger charge is 2.29. The number of aromatic nitrogens is 3. The molecule has 28 heavy (non-hydrogen) atoms. The third-order valence-corrected chi connectivity index (χ3v) is 8.04. The number of nitrogens with zero attached hydrogens (tertiary/aromatic N) is 3. The summed E-state index contributed by atoms with van der Waals surface area (Å²) in [6.45, 7) is 0. The zero-order valence-electron chi connectivity index (χ0n) is 16.6.